The fraction of sp³-hybridized carbons (Fsp3) is 0.167. The molecule has 2 heterocycles. The van der Waals surface area contributed by atoms with Crippen LogP contribution in [0.3, 0.4) is 0 Å². The monoisotopic (exact) mass is 343 g/mol. The Hall–Kier alpha value is -2.57. The highest BCUT2D eigenvalue weighted by atomic mass is 32.1. The lowest BCUT2D eigenvalue weighted by atomic mass is 9.98. The Balaban J connectivity index is 1.63. The summed E-state index contributed by atoms with van der Waals surface area (Å²) in [6.07, 6.45) is 1.49. The molecule has 2 aromatic heterocycles. The fourth-order valence-corrected chi connectivity index (χ4v) is 3.10. The first kappa shape index (κ1) is 16.3. The van der Waals surface area contributed by atoms with Gasteiger partial charge < -0.3 is 19.6 Å². The molecule has 0 aliphatic carbocycles. The Morgan fingerprint density at radius 1 is 1.17 bits per heavy atom. The number of amides is 1. The van der Waals surface area contributed by atoms with E-state index in [1.807, 2.05) is 29.6 Å². The van der Waals surface area contributed by atoms with Gasteiger partial charge in [-0.3, -0.25) is 4.79 Å². The zero-order valence-electron chi connectivity index (χ0n) is 12.8. The van der Waals surface area contributed by atoms with Crippen molar-refractivity contribution < 1.29 is 19.1 Å². The first-order valence-corrected chi connectivity index (χ1v) is 8.31. The third-order valence-corrected chi connectivity index (χ3v) is 4.53. The molecule has 0 aliphatic heterocycles. The second kappa shape index (κ2) is 7.33. The molecule has 0 saturated heterocycles. The Morgan fingerprint density at radius 2 is 2.00 bits per heavy atom. The number of aliphatic hydroxyl groups is 1. The largest absolute Gasteiger partial charge is 0.484 e. The van der Waals surface area contributed by atoms with Crippen molar-refractivity contribution >= 4 is 17.2 Å². The lowest BCUT2D eigenvalue weighted by Gasteiger charge is -2.25. The first-order valence-electron chi connectivity index (χ1n) is 7.43. The van der Waals surface area contributed by atoms with Crippen LogP contribution in [-0.2, 0) is 10.4 Å². The third kappa shape index (κ3) is 3.67. The van der Waals surface area contributed by atoms with Crippen molar-refractivity contribution in [2.75, 3.05) is 13.2 Å². The van der Waals surface area contributed by atoms with E-state index in [4.69, 9.17) is 9.15 Å². The molecule has 0 fully saturated rings. The number of para-hydroxylation sites is 1. The van der Waals surface area contributed by atoms with Gasteiger partial charge in [0.15, 0.2) is 12.2 Å². The summed E-state index contributed by atoms with van der Waals surface area (Å²) in [4.78, 5) is 12.7. The van der Waals surface area contributed by atoms with Crippen LogP contribution in [-0.4, -0.2) is 24.2 Å². The van der Waals surface area contributed by atoms with Gasteiger partial charge in [0.2, 0.25) is 0 Å². The van der Waals surface area contributed by atoms with Gasteiger partial charge in [-0.05, 0) is 35.7 Å². The zero-order valence-corrected chi connectivity index (χ0v) is 13.7. The second-order valence-electron chi connectivity index (χ2n) is 5.19. The minimum Gasteiger partial charge on any atom is -0.484 e. The van der Waals surface area contributed by atoms with Gasteiger partial charge in [-0.2, -0.15) is 0 Å². The SMILES string of the molecule is O=C(COc1ccccc1)NCC(O)(c1ccco1)c1cccs1. The molecule has 1 unspecified atom stereocenters. The highest BCUT2D eigenvalue weighted by Crippen LogP contribution is 2.32. The molecule has 1 aromatic carbocycles. The lowest BCUT2D eigenvalue weighted by molar-refractivity contribution is -0.124. The fourth-order valence-electron chi connectivity index (χ4n) is 2.27. The predicted molar refractivity (Wildman–Crippen MR) is 91.0 cm³/mol. The van der Waals surface area contributed by atoms with E-state index in [-0.39, 0.29) is 19.1 Å². The molecule has 1 amide bonds. The van der Waals surface area contributed by atoms with E-state index < -0.39 is 5.60 Å². The molecule has 0 saturated carbocycles. The summed E-state index contributed by atoms with van der Waals surface area (Å²) in [5.41, 5.74) is -1.40. The van der Waals surface area contributed by atoms with E-state index in [1.165, 1.54) is 17.6 Å². The van der Waals surface area contributed by atoms with Crippen molar-refractivity contribution in [2.45, 2.75) is 5.60 Å². The van der Waals surface area contributed by atoms with Crippen LogP contribution in [0.25, 0.3) is 0 Å². The van der Waals surface area contributed by atoms with Crippen LogP contribution < -0.4 is 10.1 Å². The van der Waals surface area contributed by atoms with Gasteiger partial charge in [0.25, 0.3) is 5.91 Å². The third-order valence-electron chi connectivity index (χ3n) is 3.51. The molecule has 6 heteroatoms. The van der Waals surface area contributed by atoms with Gasteiger partial charge in [-0.15, -0.1) is 11.3 Å². The van der Waals surface area contributed by atoms with Gasteiger partial charge in [-0.25, -0.2) is 0 Å². The summed E-state index contributed by atoms with van der Waals surface area (Å²) in [6, 6.07) is 16.1. The van der Waals surface area contributed by atoms with Crippen LogP contribution >= 0.6 is 11.3 Å². The maximum absolute atomic E-state index is 12.0. The molecule has 24 heavy (non-hydrogen) atoms. The highest BCUT2D eigenvalue weighted by Gasteiger charge is 2.36. The van der Waals surface area contributed by atoms with Crippen molar-refractivity contribution in [1.82, 2.24) is 5.32 Å². The number of nitrogens with one attached hydrogen (secondary N) is 1. The summed E-state index contributed by atoms with van der Waals surface area (Å²) in [6.45, 7) is -0.124. The molecule has 3 aromatic rings. The summed E-state index contributed by atoms with van der Waals surface area (Å²) in [5, 5.41) is 15.6. The van der Waals surface area contributed by atoms with Crippen LogP contribution in [0.1, 0.15) is 10.6 Å². The van der Waals surface area contributed by atoms with Crippen LogP contribution in [0.4, 0.5) is 0 Å². The van der Waals surface area contributed by atoms with E-state index in [0.717, 1.165) is 0 Å². The number of hydrogen-bond donors (Lipinski definition) is 2. The number of rotatable bonds is 7. The van der Waals surface area contributed by atoms with Gasteiger partial charge in [0.1, 0.15) is 11.5 Å². The molecule has 0 spiro atoms. The molecule has 0 aliphatic rings. The molecule has 5 nitrogen and oxygen atoms in total. The second-order valence-corrected chi connectivity index (χ2v) is 6.14. The summed E-state index contributed by atoms with van der Waals surface area (Å²) in [5.74, 6) is 0.682. The van der Waals surface area contributed by atoms with Crippen molar-refractivity contribution in [3.63, 3.8) is 0 Å². The van der Waals surface area contributed by atoms with Crippen molar-refractivity contribution in [2.24, 2.45) is 0 Å². The molecular weight excluding hydrogens is 326 g/mol. The maximum Gasteiger partial charge on any atom is 0.258 e. The number of furan rings is 1. The molecule has 124 valence electrons. The standard InChI is InChI=1S/C18H17NO4S/c20-17(12-23-14-6-2-1-3-7-14)19-13-18(21,15-8-4-10-22-15)16-9-5-11-24-16/h1-11,21H,12-13H2,(H,19,20). The molecule has 3 rings (SSSR count). The Bertz CT molecular complexity index is 719. The van der Waals surface area contributed by atoms with E-state index in [1.54, 1.807) is 30.3 Å². The molecule has 2 N–H and O–H groups in total. The van der Waals surface area contributed by atoms with E-state index >= 15 is 0 Å². The van der Waals surface area contributed by atoms with E-state index in [0.29, 0.717) is 16.4 Å². The average molecular weight is 343 g/mol. The minimum absolute atomic E-state index is 0.00197. The normalized spacial score (nSPS) is 13.2. The Kier molecular flexibility index (Phi) is 4.98. The number of hydrogen-bond acceptors (Lipinski definition) is 5. The van der Waals surface area contributed by atoms with Crippen LogP contribution in [0.5, 0.6) is 5.75 Å². The smallest absolute Gasteiger partial charge is 0.258 e. The highest BCUT2D eigenvalue weighted by molar-refractivity contribution is 7.10. The van der Waals surface area contributed by atoms with E-state index in [9.17, 15) is 9.90 Å². The first-order chi connectivity index (χ1) is 11.7. The molecule has 1 atom stereocenters. The lowest BCUT2D eigenvalue weighted by Crippen LogP contribution is -2.42. The van der Waals surface area contributed by atoms with Gasteiger partial charge in [0, 0.05) is 4.88 Å². The number of carbonyl (C=O) groups is 1. The molecular formula is C18H17NO4S. The quantitative estimate of drug-likeness (QED) is 0.692. The van der Waals surface area contributed by atoms with E-state index in [2.05, 4.69) is 5.32 Å². The van der Waals surface area contributed by atoms with Gasteiger partial charge >= 0.3 is 0 Å². The number of carbonyl (C=O) groups excluding carboxylic acids is 1. The zero-order chi connectivity index (χ0) is 16.8. The van der Waals surface area contributed by atoms with Gasteiger partial charge in [-0.1, -0.05) is 24.3 Å². The Labute approximate surface area is 143 Å². The number of thiophene rings is 1. The van der Waals surface area contributed by atoms with Crippen molar-refractivity contribution in [3.05, 3.63) is 76.9 Å². The van der Waals surface area contributed by atoms with Gasteiger partial charge in [0.05, 0.1) is 12.8 Å². The minimum atomic E-state index is -1.40. The predicted octanol–water partition coefficient (Wildman–Crippen LogP) is 2.77. The van der Waals surface area contributed by atoms with Crippen LogP contribution in [0, 0.1) is 0 Å². The molecule has 0 radical (unpaired) electrons. The summed E-state index contributed by atoms with van der Waals surface area (Å²) < 4.78 is 10.8. The van der Waals surface area contributed by atoms with Crippen molar-refractivity contribution in [1.29, 1.82) is 0 Å². The summed E-state index contributed by atoms with van der Waals surface area (Å²) in [7, 11) is 0. The summed E-state index contributed by atoms with van der Waals surface area (Å²) >= 11 is 1.40. The Morgan fingerprint density at radius 3 is 2.67 bits per heavy atom. The van der Waals surface area contributed by atoms with Crippen LogP contribution in [0.2, 0.25) is 0 Å². The van der Waals surface area contributed by atoms with Crippen LogP contribution in [0.15, 0.2) is 70.7 Å². The molecule has 0 bridgehead atoms. The maximum atomic E-state index is 12.0. The number of ether oxygens (including phenoxy) is 1. The average Bonchev–Trinajstić information content (AvgIpc) is 3.32. The number of benzene rings is 1. The van der Waals surface area contributed by atoms with Crippen molar-refractivity contribution in [3.8, 4) is 5.75 Å². The topological polar surface area (TPSA) is 71.7 Å².